The van der Waals surface area contributed by atoms with Crippen LogP contribution in [0, 0.1) is 13.8 Å². The first kappa shape index (κ1) is 15.0. The zero-order valence-corrected chi connectivity index (χ0v) is 11.4. The van der Waals surface area contributed by atoms with Crippen LogP contribution in [0.15, 0.2) is 12.1 Å². The van der Waals surface area contributed by atoms with E-state index in [4.69, 9.17) is 11.6 Å². The van der Waals surface area contributed by atoms with Gasteiger partial charge in [-0.25, -0.2) is 0 Å². The summed E-state index contributed by atoms with van der Waals surface area (Å²) in [6, 6.07) is 3.96. The maximum absolute atomic E-state index is 10.5. The van der Waals surface area contributed by atoms with Crippen LogP contribution in [0.4, 0.5) is 0 Å². The lowest BCUT2D eigenvalue weighted by atomic mass is 10.1. The molecule has 0 aliphatic carbocycles. The fourth-order valence-electron chi connectivity index (χ4n) is 1.32. The van der Waals surface area contributed by atoms with E-state index in [1.165, 1.54) is 0 Å². The lowest BCUT2D eigenvalue weighted by molar-refractivity contribution is -0.117. The van der Waals surface area contributed by atoms with Crippen molar-refractivity contribution in [2.24, 2.45) is 0 Å². The van der Waals surface area contributed by atoms with Crippen LogP contribution in [0.2, 0.25) is 5.02 Å². The highest BCUT2D eigenvalue weighted by molar-refractivity contribution is 6.31. The molecule has 0 saturated carbocycles. The number of amides is 1. The van der Waals surface area contributed by atoms with Crippen molar-refractivity contribution < 1.29 is 4.79 Å². The number of aryl methyl sites for hydroxylation is 2. The first-order valence-corrected chi connectivity index (χ1v) is 5.83. The fourth-order valence-corrected chi connectivity index (χ4v) is 1.54. The molecule has 1 amide bonds. The third kappa shape index (κ3) is 4.23. The maximum atomic E-state index is 10.5. The molecule has 0 saturated heterocycles. The van der Waals surface area contributed by atoms with E-state index in [1.807, 2.05) is 39.8 Å². The van der Waals surface area contributed by atoms with E-state index in [1.54, 1.807) is 11.9 Å². The van der Waals surface area contributed by atoms with Gasteiger partial charge in [0.25, 0.3) is 0 Å². The first-order valence-electron chi connectivity index (χ1n) is 5.45. The molecule has 1 aromatic carbocycles. The quantitative estimate of drug-likeness (QED) is 0.741. The highest BCUT2D eigenvalue weighted by Gasteiger charge is 2.04. The molecule has 3 heteroatoms. The molecule has 90 valence electrons. The number of hydrogen-bond donors (Lipinski definition) is 0. The molecule has 0 aliphatic rings. The number of carbonyl (C=O) groups excluding carboxylic acids is 1. The maximum Gasteiger partial charge on any atom is 0.209 e. The van der Waals surface area contributed by atoms with Crippen LogP contribution >= 0.6 is 11.6 Å². The molecule has 0 unspecified atom stereocenters. The van der Waals surface area contributed by atoms with Gasteiger partial charge in [0, 0.05) is 18.6 Å². The van der Waals surface area contributed by atoms with Crippen molar-refractivity contribution in [1.29, 1.82) is 0 Å². The summed E-state index contributed by atoms with van der Waals surface area (Å²) in [5.74, 6) is 0. The normalized spacial score (nSPS) is 9.12. The lowest BCUT2D eigenvalue weighted by Gasteiger charge is -2.14. The number of benzene rings is 1. The summed E-state index contributed by atoms with van der Waals surface area (Å²) < 4.78 is 0. The Bertz CT molecular complexity index is 350. The summed E-state index contributed by atoms with van der Waals surface area (Å²) in [5, 5.41) is 0.778. The van der Waals surface area contributed by atoms with Gasteiger partial charge in [-0.1, -0.05) is 31.5 Å². The van der Waals surface area contributed by atoms with Gasteiger partial charge < -0.3 is 4.90 Å². The van der Waals surface area contributed by atoms with Gasteiger partial charge >= 0.3 is 0 Å². The smallest absolute Gasteiger partial charge is 0.209 e. The summed E-state index contributed by atoms with van der Waals surface area (Å²) >= 11 is 5.97. The summed E-state index contributed by atoms with van der Waals surface area (Å²) in [4.78, 5) is 12.1. The summed E-state index contributed by atoms with van der Waals surface area (Å²) in [6.07, 6.45) is 0.823. The Morgan fingerprint density at radius 3 is 2.31 bits per heavy atom. The predicted octanol–water partition coefficient (Wildman–Crippen LogP) is 3.57. The minimum atomic E-state index is 0.632. The number of rotatable bonds is 3. The standard InChI is InChI=1S/C11H14ClNO.C2H6/c1-8-5-11(12)9(2)4-10(8)6-13(3)7-14;1-2/h4-5,7H,6H2,1-3H3;1-2H3. The molecule has 1 aromatic rings. The van der Waals surface area contributed by atoms with Crippen LogP contribution in [-0.4, -0.2) is 18.4 Å². The van der Waals surface area contributed by atoms with Crippen molar-refractivity contribution in [2.45, 2.75) is 34.2 Å². The second-order valence-electron chi connectivity index (χ2n) is 3.55. The van der Waals surface area contributed by atoms with Gasteiger partial charge in [-0.05, 0) is 36.6 Å². The van der Waals surface area contributed by atoms with Gasteiger partial charge in [-0.3, -0.25) is 4.79 Å². The third-order valence-electron chi connectivity index (χ3n) is 2.22. The summed E-state index contributed by atoms with van der Waals surface area (Å²) in [7, 11) is 1.76. The molecule has 0 N–H and O–H groups in total. The van der Waals surface area contributed by atoms with Gasteiger partial charge in [-0.15, -0.1) is 0 Å². The summed E-state index contributed by atoms with van der Waals surface area (Å²) in [5.41, 5.74) is 3.31. The monoisotopic (exact) mass is 241 g/mol. The lowest BCUT2D eigenvalue weighted by Crippen LogP contribution is -2.15. The summed E-state index contributed by atoms with van der Waals surface area (Å²) in [6.45, 7) is 8.60. The van der Waals surface area contributed by atoms with Crippen molar-refractivity contribution in [3.8, 4) is 0 Å². The van der Waals surface area contributed by atoms with Gasteiger partial charge in [-0.2, -0.15) is 0 Å². The molecule has 2 nitrogen and oxygen atoms in total. The van der Waals surface area contributed by atoms with Crippen molar-refractivity contribution in [1.82, 2.24) is 4.90 Å². The number of carbonyl (C=O) groups is 1. The van der Waals surface area contributed by atoms with E-state index in [9.17, 15) is 4.79 Å². The third-order valence-corrected chi connectivity index (χ3v) is 2.62. The molecule has 0 heterocycles. The second-order valence-corrected chi connectivity index (χ2v) is 3.96. The van der Waals surface area contributed by atoms with Crippen molar-refractivity contribution in [2.75, 3.05) is 7.05 Å². The highest BCUT2D eigenvalue weighted by atomic mass is 35.5. The first-order chi connectivity index (χ1) is 7.54. The zero-order chi connectivity index (χ0) is 12.7. The number of hydrogen-bond acceptors (Lipinski definition) is 1. The molecule has 0 aliphatic heterocycles. The SMILES string of the molecule is CC.Cc1cc(CN(C)C=O)c(C)cc1Cl. The minimum absolute atomic E-state index is 0.632. The molecule has 0 atom stereocenters. The second kappa shape index (κ2) is 7.29. The van der Waals surface area contributed by atoms with E-state index in [0.29, 0.717) is 6.54 Å². The van der Waals surface area contributed by atoms with Crippen molar-refractivity contribution >= 4 is 18.0 Å². The molecule has 0 radical (unpaired) electrons. The Kier molecular flexibility index (Phi) is 6.82. The number of nitrogens with zero attached hydrogens (tertiary/aromatic N) is 1. The van der Waals surface area contributed by atoms with E-state index < -0.39 is 0 Å². The van der Waals surface area contributed by atoms with E-state index in [2.05, 4.69) is 0 Å². The molecular formula is C13H20ClNO. The topological polar surface area (TPSA) is 20.3 Å². The van der Waals surface area contributed by atoms with Gasteiger partial charge in [0.2, 0.25) is 6.41 Å². The zero-order valence-electron chi connectivity index (χ0n) is 10.7. The average Bonchev–Trinajstić information content (AvgIpc) is 2.28. The Labute approximate surface area is 103 Å². The molecule has 16 heavy (non-hydrogen) atoms. The van der Waals surface area contributed by atoms with Gasteiger partial charge in [0.15, 0.2) is 0 Å². The van der Waals surface area contributed by atoms with E-state index >= 15 is 0 Å². The molecule has 0 fully saturated rings. The Balaban J connectivity index is 0.00000106. The van der Waals surface area contributed by atoms with Crippen LogP contribution in [0.1, 0.15) is 30.5 Å². The van der Waals surface area contributed by atoms with Crippen LogP contribution in [0.3, 0.4) is 0 Å². The van der Waals surface area contributed by atoms with Crippen molar-refractivity contribution in [3.05, 3.63) is 33.8 Å². The van der Waals surface area contributed by atoms with Crippen LogP contribution in [0.25, 0.3) is 0 Å². The van der Waals surface area contributed by atoms with Crippen LogP contribution in [0.5, 0.6) is 0 Å². The van der Waals surface area contributed by atoms with Crippen molar-refractivity contribution in [3.63, 3.8) is 0 Å². The van der Waals surface area contributed by atoms with Crippen LogP contribution < -0.4 is 0 Å². The van der Waals surface area contributed by atoms with E-state index in [-0.39, 0.29) is 0 Å². The Hall–Kier alpha value is -1.02. The molecular weight excluding hydrogens is 222 g/mol. The molecule has 1 rings (SSSR count). The number of halogens is 1. The minimum Gasteiger partial charge on any atom is -0.344 e. The van der Waals surface area contributed by atoms with Gasteiger partial charge in [0.05, 0.1) is 0 Å². The Morgan fingerprint density at radius 1 is 1.25 bits per heavy atom. The van der Waals surface area contributed by atoms with Gasteiger partial charge in [0.1, 0.15) is 0 Å². The predicted molar refractivity (Wildman–Crippen MR) is 69.8 cm³/mol. The molecule has 0 spiro atoms. The molecule has 0 bridgehead atoms. The fraction of sp³-hybridized carbons (Fsp3) is 0.462. The highest BCUT2D eigenvalue weighted by Crippen LogP contribution is 2.20. The molecule has 0 aromatic heterocycles. The Morgan fingerprint density at radius 2 is 1.81 bits per heavy atom. The largest absolute Gasteiger partial charge is 0.344 e. The van der Waals surface area contributed by atoms with Crippen LogP contribution in [-0.2, 0) is 11.3 Å². The average molecular weight is 242 g/mol. The van der Waals surface area contributed by atoms with E-state index in [0.717, 1.165) is 28.1 Å².